The highest BCUT2D eigenvalue weighted by molar-refractivity contribution is 5.91. The number of rotatable bonds is 4. The highest BCUT2D eigenvalue weighted by Gasteiger charge is 2.23. The van der Waals surface area contributed by atoms with Gasteiger partial charge in [-0.2, -0.15) is 0 Å². The zero-order valence-corrected chi connectivity index (χ0v) is 12.7. The van der Waals surface area contributed by atoms with E-state index in [1.54, 1.807) is 12.1 Å². The van der Waals surface area contributed by atoms with Gasteiger partial charge in [-0.1, -0.05) is 0 Å². The van der Waals surface area contributed by atoms with Crippen LogP contribution in [0.2, 0.25) is 0 Å². The molecule has 1 aliphatic rings. The molecule has 0 atom stereocenters. The first-order chi connectivity index (χ1) is 10.8. The van der Waals surface area contributed by atoms with Crippen LogP contribution in [0.4, 0.5) is 5.69 Å². The van der Waals surface area contributed by atoms with Crippen LogP contribution in [0, 0.1) is 0 Å². The second kappa shape index (κ2) is 6.56. The third kappa shape index (κ3) is 3.08. The summed E-state index contributed by atoms with van der Waals surface area (Å²) in [5.74, 6) is 1.27. The number of hydrogen-bond acceptors (Lipinski definition) is 4. The van der Waals surface area contributed by atoms with Crippen LogP contribution < -0.4 is 9.64 Å². The molecule has 1 aromatic heterocycles. The molecule has 2 aromatic rings. The largest absolute Gasteiger partial charge is 0.494 e. The van der Waals surface area contributed by atoms with Crippen LogP contribution in [0.5, 0.6) is 5.75 Å². The number of anilines is 1. The Morgan fingerprint density at radius 1 is 1.14 bits per heavy atom. The Kier molecular flexibility index (Phi) is 4.32. The molecule has 1 amide bonds. The summed E-state index contributed by atoms with van der Waals surface area (Å²) < 4.78 is 10.6. The first kappa shape index (κ1) is 14.5. The fraction of sp³-hybridized carbons (Fsp3) is 0.353. The Morgan fingerprint density at radius 3 is 2.45 bits per heavy atom. The van der Waals surface area contributed by atoms with E-state index in [-0.39, 0.29) is 5.91 Å². The Hall–Kier alpha value is -2.43. The number of piperazine rings is 1. The van der Waals surface area contributed by atoms with Crippen molar-refractivity contribution in [3.63, 3.8) is 0 Å². The maximum absolute atomic E-state index is 12.2. The van der Waals surface area contributed by atoms with Crippen molar-refractivity contribution in [3.8, 4) is 5.75 Å². The topological polar surface area (TPSA) is 45.9 Å². The van der Waals surface area contributed by atoms with Crippen LogP contribution in [-0.4, -0.2) is 43.6 Å². The molecule has 1 aliphatic heterocycles. The maximum atomic E-state index is 12.2. The van der Waals surface area contributed by atoms with Crippen molar-refractivity contribution in [2.75, 3.05) is 37.7 Å². The monoisotopic (exact) mass is 300 g/mol. The van der Waals surface area contributed by atoms with Gasteiger partial charge in [-0.25, -0.2) is 0 Å². The summed E-state index contributed by atoms with van der Waals surface area (Å²) in [5, 5.41) is 0. The third-order valence-electron chi connectivity index (χ3n) is 3.81. The minimum absolute atomic E-state index is 0.0312. The van der Waals surface area contributed by atoms with Crippen molar-refractivity contribution in [1.29, 1.82) is 0 Å². The minimum atomic E-state index is -0.0312. The number of carbonyl (C=O) groups excluding carboxylic acids is 1. The number of benzene rings is 1. The molecule has 0 aliphatic carbocycles. The molecule has 3 rings (SSSR count). The maximum Gasteiger partial charge on any atom is 0.289 e. The average molecular weight is 300 g/mol. The molecule has 1 aromatic carbocycles. The predicted molar refractivity (Wildman–Crippen MR) is 84.4 cm³/mol. The lowest BCUT2D eigenvalue weighted by Crippen LogP contribution is -2.48. The molecule has 2 heterocycles. The second-order valence-corrected chi connectivity index (χ2v) is 5.18. The number of furan rings is 1. The van der Waals surface area contributed by atoms with Gasteiger partial charge < -0.3 is 19.0 Å². The van der Waals surface area contributed by atoms with Gasteiger partial charge in [-0.3, -0.25) is 4.79 Å². The Morgan fingerprint density at radius 2 is 1.86 bits per heavy atom. The van der Waals surface area contributed by atoms with Gasteiger partial charge in [0.25, 0.3) is 5.91 Å². The van der Waals surface area contributed by atoms with Gasteiger partial charge in [-0.15, -0.1) is 0 Å². The molecule has 0 radical (unpaired) electrons. The van der Waals surface area contributed by atoms with Gasteiger partial charge in [0, 0.05) is 31.9 Å². The Balaban J connectivity index is 1.58. The molecule has 5 heteroatoms. The van der Waals surface area contributed by atoms with Crippen LogP contribution in [0.3, 0.4) is 0 Å². The van der Waals surface area contributed by atoms with Crippen molar-refractivity contribution in [2.45, 2.75) is 6.92 Å². The third-order valence-corrected chi connectivity index (χ3v) is 3.81. The lowest BCUT2D eigenvalue weighted by atomic mass is 10.2. The van der Waals surface area contributed by atoms with E-state index >= 15 is 0 Å². The number of nitrogens with zero attached hydrogens (tertiary/aromatic N) is 2. The van der Waals surface area contributed by atoms with Crippen molar-refractivity contribution >= 4 is 11.6 Å². The highest BCUT2D eigenvalue weighted by Crippen LogP contribution is 2.21. The fourth-order valence-corrected chi connectivity index (χ4v) is 2.64. The van der Waals surface area contributed by atoms with Crippen molar-refractivity contribution in [3.05, 3.63) is 48.4 Å². The fourth-order valence-electron chi connectivity index (χ4n) is 2.64. The first-order valence-electron chi connectivity index (χ1n) is 7.58. The molecule has 1 saturated heterocycles. The molecule has 0 bridgehead atoms. The van der Waals surface area contributed by atoms with E-state index in [9.17, 15) is 4.79 Å². The molecule has 0 unspecified atom stereocenters. The van der Waals surface area contributed by atoms with Crippen LogP contribution in [0.1, 0.15) is 17.5 Å². The standard InChI is InChI=1S/C17H20N2O3/c1-2-21-15-7-5-14(6-8-15)18-9-11-19(12-10-18)17(20)16-4-3-13-22-16/h3-8,13H,2,9-12H2,1H3. The molecule has 5 nitrogen and oxygen atoms in total. The SMILES string of the molecule is CCOc1ccc(N2CCN(C(=O)c3ccco3)CC2)cc1. The van der Waals surface area contributed by atoms with Crippen LogP contribution in [0.25, 0.3) is 0 Å². The quantitative estimate of drug-likeness (QED) is 0.871. The zero-order chi connectivity index (χ0) is 15.4. The molecule has 116 valence electrons. The van der Waals surface area contributed by atoms with Gasteiger partial charge in [0.1, 0.15) is 5.75 Å². The Bertz CT molecular complexity index is 599. The average Bonchev–Trinajstić information content (AvgIpc) is 3.10. The summed E-state index contributed by atoms with van der Waals surface area (Å²) in [7, 11) is 0. The molecule has 0 spiro atoms. The second-order valence-electron chi connectivity index (χ2n) is 5.18. The molecule has 1 fully saturated rings. The summed E-state index contributed by atoms with van der Waals surface area (Å²) in [6.45, 7) is 5.69. The normalized spacial score (nSPS) is 15.0. The molecule has 0 saturated carbocycles. The number of ether oxygens (including phenoxy) is 1. The van der Waals surface area contributed by atoms with E-state index in [1.165, 1.54) is 6.26 Å². The van der Waals surface area contributed by atoms with Crippen molar-refractivity contribution in [1.82, 2.24) is 4.90 Å². The summed E-state index contributed by atoms with van der Waals surface area (Å²) in [5.41, 5.74) is 1.16. The Labute approximate surface area is 130 Å². The highest BCUT2D eigenvalue weighted by atomic mass is 16.5. The molecule has 22 heavy (non-hydrogen) atoms. The van der Waals surface area contributed by atoms with Gasteiger partial charge in [0.2, 0.25) is 0 Å². The minimum Gasteiger partial charge on any atom is -0.494 e. The smallest absolute Gasteiger partial charge is 0.289 e. The summed E-state index contributed by atoms with van der Waals surface area (Å²) >= 11 is 0. The van der Waals surface area contributed by atoms with E-state index in [4.69, 9.17) is 9.15 Å². The number of amides is 1. The van der Waals surface area contributed by atoms with Crippen molar-refractivity contribution in [2.24, 2.45) is 0 Å². The van der Waals surface area contributed by atoms with Crippen LogP contribution in [0.15, 0.2) is 47.1 Å². The van der Waals surface area contributed by atoms with Gasteiger partial charge in [0.15, 0.2) is 5.76 Å². The van der Waals surface area contributed by atoms with Gasteiger partial charge in [0.05, 0.1) is 12.9 Å². The lowest BCUT2D eigenvalue weighted by Gasteiger charge is -2.35. The summed E-state index contributed by atoms with van der Waals surface area (Å²) in [6.07, 6.45) is 1.53. The lowest BCUT2D eigenvalue weighted by molar-refractivity contribution is 0.0714. The van der Waals surface area contributed by atoms with E-state index in [0.29, 0.717) is 25.5 Å². The zero-order valence-electron chi connectivity index (χ0n) is 12.7. The van der Waals surface area contributed by atoms with E-state index < -0.39 is 0 Å². The van der Waals surface area contributed by atoms with Gasteiger partial charge >= 0.3 is 0 Å². The van der Waals surface area contributed by atoms with Crippen LogP contribution in [-0.2, 0) is 0 Å². The number of hydrogen-bond donors (Lipinski definition) is 0. The predicted octanol–water partition coefficient (Wildman–Crippen LogP) is 2.64. The van der Waals surface area contributed by atoms with E-state index in [0.717, 1.165) is 24.5 Å². The van der Waals surface area contributed by atoms with E-state index in [1.807, 2.05) is 24.0 Å². The van der Waals surface area contributed by atoms with Crippen molar-refractivity contribution < 1.29 is 13.9 Å². The summed E-state index contributed by atoms with van der Waals surface area (Å²) in [4.78, 5) is 16.3. The van der Waals surface area contributed by atoms with Gasteiger partial charge in [-0.05, 0) is 43.3 Å². The summed E-state index contributed by atoms with van der Waals surface area (Å²) in [6, 6.07) is 11.5. The first-order valence-corrected chi connectivity index (χ1v) is 7.58. The van der Waals surface area contributed by atoms with E-state index in [2.05, 4.69) is 17.0 Å². The molecular weight excluding hydrogens is 280 g/mol. The van der Waals surface area contributed by atoms with Crippen LogP contribution >= 0.6 is 0 Å². The number of carbonyl (C=O) groups is 1. The molecular formula is C17H20N2O3. The molecule has 0 N–H and O–H groups in total.